The minimum absolute atomic E-state index is 0.280. The highest BCUT2D eigenvalue weighted by Crippen LogP contribution is 2.24. The highest BCUT2D eigenvalue weighted by molar-refractivity contribution is 7.92. The van der Waals surface area contributed by atoms with Crippen LogP contribution in [0.5, 0.6) is 0 Å². The molecule has 0 radical (unpaired) electrons. The largest absolute Gasteiger partial charge is 0.480 e. The second kappa shape index (κ2) is 4.51. The lowest BCUT2D eigenvalue weighted by Gasteiger charge is -2.06. The van der Waals surface area contributed by atoms with Gasteiger partial charge in [-0.1, -0.05) is 11.6 Å². The fourth-order valence-corrected chi connectivity index (χ4v) is 3.57. The van der Waals surface area contributed by atoms with E-state index in [2.05, 4.69) is 0 Å². The molecule has 15 heavy (non-hydrogen) atoms. The summed E-state index contributed by atoms with van der Waals surface area (Å²) in [4.78, 5) is 11.1. The lowest BCUT2D eigenvalue weighted by atomic mass is 10.5. The van der Waals surface area contributed by atoms with Gasteiger partial charge in [-0.2, -0.15) is 0 Å². The lowest BCUT2D eigenvalue weighted by Crippen LogP contribution is -2.27. The highest BCUT2D eigenvalue weighted by atomic mass is 35.5. The molecule has 0 amide bonds. The number of hydrogen-bond donors (Lipinski definition) is 1. The second-order valence-corrected chi connectivity index (χ2v) is 7.11. The summed E-state index contributed by atoms with van der Waals surface area (Å²) in [7, 11) is -3.65. The quantitative estimate of drug-likeness (QED) is 0.904. The molecule has 0 aliphatic heterocycles. The van der Waals surface area contributed by atoms with Crippen LogP contribution in [0, 0.1) is 0 Å². The molecule has 1 atom stereocenters. The van der Waals surface area contributed by atoms with E-state index in [4.69, 9.17) is 16.7 Å². The topological polar surface area (TPSA) is 71.4 Å². The number of sulfone groups is 1. The van der Waals surface area contributed by atoms with Crippen LogP contribution in [0.1, 0.15) is 11.8 Å². The van der Waals surface area contributed by atoms with Crippen molar-refractivity contribution in [1.82, 2.24) is 0 Å². The summed E-state index contributed by atoms with van der Waals surface area (Å²) in [6.07, 6.45) is 0. The van der Waals surface area contributed by atoms with Crippen molar-refractivity contribution in [3.8, 4) is 0 Å². The minimum atomic E-state index is -3.65. The Morgan fingerprint density at radius 1 is 1.60 bits per heavy atom. The molecule has 0 saturated heterocycles. The average molecular weight is 269 g/mol. The monoisotopic (exact) mass is 268 g/mol. The fraction of sp³-hybridized carbons (Fsp3) is 0.375. The van der Waals surface area contributed by atoms with Crippen molar-refractivity contribution >= 4 is 38.7 Å². The van der Waals surface area contributed by atoms with Crippen LogP contribution in [0.15, 0.2) is 12.1 Å². The van der Waals surface area contributed by atoms with Gasteiger partial charge in [-0.3, -0.25) is 4.79 Å². The van der Waals surface area contributed by atoms with Gasteiger partial charge in [0, 0.05) is 4.88 Å². The molecule has 84 valence electrons. The molecule has 0 fully saturated rings. The van der Waals surface area contributed by atoms with Crippen LogP contribution in [0.2, 0.25) is 4.34 Å². The van der Waals surface area contributed by atoms with E-state index >= 15 is 0 Å². The Hall–Kier alpha value is -0.590. The SMILES string of the molecule is CC(C(=O)O)S(=O)(=O)Cc1ccc(Cl)s1. The Bertz CT molecular complexity index is 463. The maximum absolute atomic E-state index is 11.5. The molecular formula is C8H9ClO4S2. The van der Waals surface area contributed by atoms with Crippen molar-refractivity contribution in [2.24, 2.45) is 0 Å². The molecule has 1 unspecified atom stereocenters. The van der Waals surface area contributed by atoms with Crippen molar-refractivity contribution in [2.75, 3.05) is 0 Å². The van der Waals surface area contributed by atoms with Crippen LogP contribution >= 0.6 is 22.9 Å². The van der Waals surface area contributed by atoms with Crippen molar-refractivity contribution in [3.05, 3.63) is 21.3 Å². The van der Waals surface area contributed by atoms with Gasteiger partial charge >= 0.3 is 5.97 Å². The molecule has 0 saturated carbocycles. The van der Waals surface area contributed by atoms with E-state index in [0.29, 0.717) is 9.21 Å². The summed E-state index contributed by atoms with van der Waals surface area (Å²) in [5, 5.41) is 7.21. The first-order chi connectivity index (χ1) is 6.83. The third kappa shape index (κ3) is 3.19. The van der Waals surface area contributed by atoms with Gasteiger partial charge in [0.2, 0.25) is 0 Å². The molecule has 0 spiro atoms. The number of carboxylic acids is 1. The van der Waals surface area contributed by atoms with E-state index in [-0.39, 0.29) is 5.75 Å². The Balaban J connectivity index is 2.86. The summed E-state index contributed by atoms with van der Waals surface area (Å²) < 4.78 is 23.6. The fourth-order valence-electron chi connectivity index (χ4n) is 0.906. The van der Waals surface area contributed by atoms with Gasteiger partial charge in [0.15, 0.2) is 15.1 Å². The van der Waals surface area contributed by atoms with E-state index in [1.807, 2.05) is 0 Å². The zero-order valence-electron chi connectivity index (χ0n) is 7.81. The van der Waals surface area contributed by atoms with Gasteiger partial charge in [0.25, 0.3) is 0 Å². The van der Waals surface area contributed by atoms with Gasteiger partial charge in [-0.15, -0.1) is 11.3 Å². The Morgan fingerprint density at radius 3 is 2.60 bits per heavy atom. The Labute approximate surface area is 96.4 Å². The number of aliphatic carboxylic acids is 1. The van der Waals surface area contributed by atoms with Gasteiger partial charge in [-0.25, -0.2) is 8.42 Å². The summed E-state index contributed by atoms with van der Waals surface area (Å²) in [6, 6.07) is 3.17. The number of thiophene rings is 1. The summed E-state index contributed by atoms with van der Waals surface area (Å²) in [5.41, 5.74) is 0. The molecule has 0 aliphatic rings. The number of rotatable bonds is 4. The van der Waals surface area contributed by atoms with E-state index in [9.17, 15) is 13.2 Å². The zero-order valence-corrected chi connectivity index (χ0v) is 10.2. The van der Waals surface area contributed by atoms with Crippen LogP contribution in [-0.2, 0) is 20.4 Å². The molecule has 1 heterocycles. The summed E-state index contributed by atoms with van der Waals surface area (Å²) in [5.74, 6) is -1.62. The third-order valence-corrected chi connectivity index (χ3v) is 5.26. The summed E-state index contributed by atoms with van der Waals surface area (Å²) >= 11 is 6.78. The highest BCUT2D eigenvalue weighted by Gasteiger charge is 2.28. The zero-order chi connectivity index (χ0) is 11.6. The molecule has 1 rings (SSSR count). The normalized spacial score (nSPS) is 13.7. The average Bonchev–Trinajstić information content (AvgIpc) is 2.48. The predicted octanol–water partition coefficient (Wildman–Crippen LogP) is 1.79. The standard InChI is InChI=1S/C8H9ClO4S2/c1-5(8(10)11)15(12,13)4-6-2-3-7(9)14-6/h2-3,5H,4H2,1H3,(H,10,11). The van der Waals surface area contributed by atoms with Crippen LogP contribution in [0.4, 0.5) is 0 Å². The molecule has 4 nitrogen and oxygen atoms in total. The first kappa shape index (κ1) is 12.5. The van der Waals surface area contributed by atoms with E-state index in [1.54, 1.807) is 12.1 Å². The van der Waals surface area contributed by atoms with Crippen LogP contribution in [-0.4, -0.2) is 24.7 Å². The molecular weight excluding hydrogens is 260 g/mol. The van der Waals surface area contributed by atoms with Crippen molar-refractivity contribution in [2.45, 2.75) is 17.9 Å². The van der Waals surface area contributed by atoms with E-state index in [0.717, 1.165) is 18.3 Å². The molecule has 1 aromatic rings. The number of hydrogen-bond acceptors (Lipinski definition) is 4. The molecule has 0 aromatic carbocycles. The predicted molar refractivity (Wildman–Crippen MR) is 59.1 cm³/mol. The first-order valence-corrected chi connectivity index (χ1v) is 6.92. The Kier molecular flexibility index (Phi) is 3.75. The molecule has 1 N–H and O–H groups in total. The minimum Gasteiger partial charge on any atom is -0.480 e. The van der Waals surface area contributed by atoms with Crippen molar-refractivity contribution in [3.63, 3.8) is 0 Å². The summed E-state index contributed by atoms with van der Waals surface area (Å²) in [6.45, 7) is 1.16. The third-order valence-electron chi connectivity index (χ3n) is 1.86. The van der Waals surface area contributed by atoms with Gasteiger partial charge in [0.1, 0.15) is 0 Å². The van der Waals surface area contributed by atoms with Crippen molar-refractivity contribution in [1.29, 1.82) is 0 Å². The van der Waals surface area contributed by atoms with Crippen molar-refractivity contribution < 1.29 is 18.3 Å². The smallest absolute Gasteiger partial charge is 0.321 e. The van der Waals surface area contributed by atoms with Gasteiger partial charge in [-0.05, 0) is 19.1 Å². The maximum atomic E-state index is 11.5. The van der Waals surface area contributed by atoms with Gasteiger partial charge < -0.3 is 5.11 Å². The maximum Gasteiger partial charge on any atom is 0.321 e. The molecule has 1 aromatic heterocycles. The van der Waals surface area contributed by atoms with E-state index in [1.165, 1.54) is 0 Å². The number of halogens is 1. The Morgan fingerprint density at radius 2 is 2.20 bits per heavy atom. The first-order valence-electron chi connectivity index (χ1n) is 4.01. The van der Waals surface area contributed by atoms with Crippen LogP contribution in [0.3, 0.4) is 0 Å². The number of carbonyl (C=O) groups is 1. The lowest BCUT2D eigenvalue weighted by molar-refractivity contribution is -0.136. The van der Waals surface area contributed by atoms with E-state index < -0.39 is 21.1 Å². The van der Waals surface area contributed by atoms with Crippen LogP contribution < -0.4 is 0 Å². The molecule has 7 heteroatoms. The molecule has 0 aliphatic carbocycles. The van der Waals surface area contributed by atoms with Gasteiger partial charge in [0.05, 0.1) is 10.1 Å². The second-order valence-electron chi connectivity index (χ2n) is 2.99. The van der Waals surface area contributed by atoms with Crippen LogP contribution in [0.25, 0.3) is 0 Å². The number of carboxylic acid groups (broad SMARTS) is 1. The molecule has 0 bridgehead atoms.